The second-order valence-corrected chi connectivity index (χ2v) is 6.91. The lowest BCUT2D eigenvalue weighted by Crippen LogP contribution is -2.46. The largest absolute Gasteiger partial charge is 0.315 e. The molecule has 1 atom stereocenters. The molecule has 0 aromatic heterocycles. The van der Waals surface area contributed by atoms with Crippen LogP contribution in [0.25, 0.3) is 0 Å². The van der Waals surface area contributed by atoms with Crippen LogP contribution in [0, 0.1) is 0 Å². The van der Waals surface area contributed by atoms with E-state index in [1.807, 2.05) is 0 Å². The van der Waals surface area contributed by atoms with Crippen molar-refractivity contribution in [3.05, 3.63) is 29.3 Å². The summed E-state index contributed by atoms with van der Waals surface area (Å²) in [7, 11) is -1.78. The van der Waals surface area contributed by atoms with E-state index in [0.29, 0.717) is 16.5 Å². The Balaban J connectivity index is 2.21. The third-order valence-electron chi connectivity index (χ3n) is 3.28. The zero-order valence-electron chi connectivity index (χ0n) is 10.3. The number of nitrogens with zero attached hydrogens (tertiary/aromatic N) is 1. The summed E-state index contributed by atoms with van der Waals surface area (Å²) >= 11 is 5.77. The van der Waals surface area contributed by atoms with E-state index in [2.05, 4.69) is 5.32 Å². The summed E-state index contributed by atoms with van der Waals surface area (Å²) in [5.41, 5.74) is 0. The van der Waals surface area contributed by atoms with E-state index < -0.39 is 10.0 Å². The average molecular weight is 289 g/mol. The molecule has 2 rings (SSSR count). The van der Waals surface area contributed by atoms with E-state index in [9.17, 15) is 8.42 Å². The zero-order chi connectivity index (χ0) is 13.2. The lowest BCUT2D eigenvalue weighted by molar-refractivity contribution is 0.300. The first-order valence-electron chi connectivity index (χ1n) is 5.96. The summed E-state index contributed by atoms with van der Waals surface area (Å²) in [6.07, 6.45) is 1.90. The van der Waals surface area contributed by atoms with Gasteiger partial charge in [-0.1, -0.05) is 11.6 Å². The van der Waals surface area contributed by atoms with Crippen LogP contribution in [-0.2, 0) is 10.0 Å². The lowest BCUT2D eigenvalue weighted by atomic mass is 10.1. The van der Waals surface area contributed by atoms with Crippen LogP contribution in [0.4, 0.5) is 0 Å². The number of likely N-dealkylation sites (N-methyl/N-ethyl adjacent to an activating group) is 1. The third-order valence-corrected chi connectivity index (χ3v) is 5.45. The van der Waals surface area contributed by atoms with Gasteiger partial charge in [0.1, 0.15) is 0 Å². The van der Waals surface area contributed by atoms with Gasteiger partial charge in [0.25, 0.3) is 0 Å². The van der Waals surface area contributed by atoms with Crippen molar-refractivity contribution < 1.29 is 8.42 Å². The molecule has 0 radical (unpaired) electrons. The second kappa shape index (κ2) is 5.57. The predicted molar refractivity (Wildman–Crippen MR) is 72.3 cm³/mol. The van der Waals surface area contributed by atoms with E-state index in [1.165, 1.54) is 4.31 Å². The molecule has 1 aromatic rings. The molecule has 1 aliphatic rings. The van der Waals surface area contributed by atoms with Crippen LogP contribution < -0.4 is 5.32 Å². The minimum Gasteiger partial charge on any atom is -0.315 e. The van der Waals surface area contributed by atoms with E-state index >= 15 is 0 Å². The third kappa shape index (κ3) is 2.85. The molecule has 1 unspecified atom stereocenters. The number of benzene rings is 1. The van der Waals surface area contributed by atoms with Gasteiger partial charge in [-0.25, -0.2) is 8.42 Å². The molecule has 0 spiro atoms. The zero-order valence-corrected chi connectivity index (χ0v) is 11.8. The fourth-order valence-electron chi connectivity index (χ4n) is 2.11. The van der Waals surface area contributed by atoms with Crippen molar-refractivity contribution >= 4 is 21.6 Å². The second-order valence-electron chi connectivity index (χ2n) is 4.48. The van der Waals surface area contributed by atoms with E-state index in [-0.39, 0.29) is 6.04 Å². The molecule has 4 nitrogen and oxygen atoms in total. The Kier molecular flexibility index (Phi) is 4.27. The summed E-state index contributed by atoms with van der Waals surface area (Å²) in [4.78, 5) is 0.292. The fraction of sp³-hybridized carbons (Fsp3) is 0.500. The Labute approximate surface area is 113 Å². The topological polar surface area (TPSA) is 49.4 Å². The van der Waals surface area contributed by atoms with Crippen molar-refractivity contribution in [3.63, 3.8) is 0 Å². The maximum atomic E-state index is 12.4. The number of halogens is 1. The van der Waals surface area contributed by atoms with E-state index in [4.69, 9.17) is 11.6 Å². The lowest BCUT2D eigenvalue weighted by Gasteiger charge is -2.30. The van der Waals surface area contributed by atoms with Gasteiger partial charge in [-0.3, -0.25) is 0 Å². The molecule has 100 valence electrons. The van der Waals surface area contributed by atoms with Gasteiger partial charge in [0.2, 0.25) is 10.0 Å². The minimum absolute atomic E-state index is 0.0272. The number of sulfonamides is 1. The molecule has 1 fully saturated rings. The first-order chi connectivity index (χ1) is 8.51. The molecule has 0 saturated carbocycles. The van der Waals surface area contributed by atoms with Crippen molar-refractivity contribution in [3.8, 4) is 0 Å². The highest BCUT2D eigenvalue weighted by molar-refractivity contribution is 7.89. The molecule has 1 aromatic carbocycles. The Hall–Kier alpha value is -0.620. The smallest absolute Gasteiger partial charge is 0.243 e. The first-order valence-corrected chi connectivity index (χ1v) is 7.78. The Morgan fingerprint density at radius 2 is 2.00 bits per heavy atom. The average Bonchev–Trinajstić information content (AvgIpc) is 2.39. The highest BCUT2D eigenvalue weighted by atomic mass is 35.5. The highest BCUT2D eigenvalue weighted by Crippen LogP contribution is 2.21. The summed E-state index contributed by atoms with van der Waals surface area (Å²) in [5.74, 6) is 0. The fourth-order valence-corrected chi connectivity index (χ4v) is 3.62. The van der Waals surface area contributed by atoms with Gasteiger partial charge < -0.3 is 5.32 Å². The van der Waals surface area contributed by atoms with Gasteiger partial charge in [-0.15, -0.1) is 0 Å². The molecule has 1 saturated heterocycles. The van der Waals surface area contributed by atoms with Gasteiger partial charge in [0.15, 0.2) is 0 Å². The molecule has 6 heteroatoms. The molecule has 0 aliphatic carbocycles. The van der Waals surface area contributed by atoms with Crippen LogP contribution in [0.15, 0.2) is 29.2 Å². The quantitative estimate of drug-likeness (QED) is 0.921. The van der Waals surface area contributed by atoms with Crippen molar-refractivity contribution in [2.24, 2.45) is 0 Å². The van der Waals surface area contributed by atoms with Crippen LogP contribution in [0.2, 0.25) is 5.02 Å². The number of hydrogen-bond donors (Lipinski definition) is 1. The van der Waals surface area contributed by atoms with Crippen LogP contribution in [-0.4, -0.2) is 38.9 Å². The molecule has 1 aliphatic heterocycles. The molecule has 0 bridgehead atoms. The molecule has 1 heterocycles. The summed E-state index contributed by atoms with van der Waals surface area (Å²) in [6.45, 7) is 1.68. The van der Waals surface area contributed by atoms with E-state index in [0.717, 1.165) is 19.4 Å². The Morgan fingerprint density at radius 3 is 2.56 bits per heavy atom. The summed E-state index contributed by atoms with van der Waals surface area (Å²) in [5, 5.41) is 3.76. The molecule has 18 heavy (non-hydrogen) atoms. The molecule has 0 amide bonds. The molecular weight excluding hydrogens is 272 g/mol. The summed E-state index contributed by atoms with van der Waals surface area (Å²) in [6, 6.07) is 6.32. The van der Waals surface area contributed by atoms with Crippen molar-refractivity contribution in [2.45, 2.75) is 23.8 Å². The molecule has 1 N–H and O–H groups in total. The maximum Gasteiger partial charge on any atom is 0.243 e. The van der Waals surface area contributed by atoms with Crippen molar-refractivity contribution in [2.75, 3.05) is 20.1 Å². The normalized spacial score (nSPS) is 21.2. The van der Waals surface area contributed by atoms with Crippen molar-refractivity contribution in [1.82, 2.24) is 9.62 Å². The monoisotopic (exact) mass is 288 g/mol. The Bertz CT molecular complexity index is 495. The van der Waals surface area contributed by atoms with Gasteiger partial charge in [0.05, 0.1) is 4.90 Å². The SMILES string of the molecule is CN(C1CCCNC1)S(=O)(=O)c1ccc(Cl)cc1. The van der Waals surface area contributed by atoms with E-state index in [1.54, 1.807) is 31.3 Å². The highest BCUT2D eigenvalue weighted by Gasteiger charge is 2.28. The number of piperidine rings is 1. The number of hydrogen-bond acceptors (Lipinski definition) is 3. The van der Waals surface area contributed by atoms with Crippen LogP contribution in [0.5, 0.6) is 0 Å². The van der Waals surface area contributed by atoms with Gasteiger partial charge >= 0.3 is 0 Å². The predicted octanol–water partition coefficient (Wildman–Crippen LogP) is 1.71. The van der Waals surface area contributed by atoms with Gasteiger partial charge in [0, 0.05) is 24.7 Å². The van der Waals surface area contributed by atoms with Crippen LogP contribution >= 0.6 is 11.6 Å². The first kappa shape index (κ1) is 13.8. The maximum absolute atomic E-state index is 12.4. The van der Waals surface area contributed by atoms with Crippen molar-refractivity contribution in [1.29, 1.82) is 0 Å². The van der Waals surface area contributed by atoms with Crippen LogP contribution in [0.3, 0.4) is 0 Å². The van der Waals surface area contributed by atoms with Gasteiger partial charge in [-0.05, 0) is 43.7 Å². The Morgan fingerprint density at radius 1 is 1.33 bits per heavy atom. The van der Waals surface area contributed by atoms with Gasteiger partial charge in [-0.2, -0.15) is 4.31 Å². The number of rotatable bonds is 3. The standard InChI is InChI=1S/C12H17ClN2O2S/c1-15(11-3-2-8-14-9-11)18(16,17)12-6-4-10(13)5-7-12/h4-7,11,14H,2-3,8-9H2,1H3. The minimum atomic E-state index is -3.42. The molecular formula is C12H17ClN2O2S. The van der Waals surface area contributed by atoms with Crippen LogP contribution in [0.1, 0.15) is 12.8 Å². The number of nitrogens with one attached hydrogen (secondary N) is 1. The summed E-state index contributed by atoms with van der Waals surface area (Å²) < 4.78 is 26.3.